The van der Waals surface area contributed by atoms with Crippen LogP contribution in [-0.2, 0) is 4.79 Å². The van der Waals surface area contributed by atoms with Crippen LogP contribution in [0.1, 0.15) is 17.2 Å². The van der Waals surface area contributed by atoms with E-state index in [1.807, 2.05) is 30.3 Å². The number of aliphatic hydroxyl groups is 1. The number of anilines is 1. The van der Waals surface area contributed by atoms with Crippen molar-refractivity contribution in [3.05, 3.63) is 64.7 Å². The molecule has 0 spiro atoms. The van der Waals surface area contributed by atoms with Gasteiger partial charge in [-0.3, -0.25) is 4.79 Å². The number of nitrogens with one attached hydrogen (secondary N) is 1. The van der Waals surface area contributed by atoms with Crippen LogP contribution in [0.2, 0.25) is 5.02 Å². The zero-order chi connectivity index (χ0) is 13.0. The minimum atomic E-state index is -0.800. The van der Waals surface area contributed by atoms with E-state index in [4.69, 9.17) is 11.6 Å². The van der Waals surface area contributed by atoms with Gasteiger partial charge in [-0.05, 0) is 17.7 Å². The first-order chi connectivity index (χ1) is 8.72. The quantitative estimate of drug-likeness (QED) is 0.832. The molecule has 92 valence electrons. The highest BCUT2D eigenvalue weighted by Gasteiger charge is 2.14. The summed E-state index contributed by atoms with van der Waals surface area (Å²) in [5.74, 6) is 0. The molecule has 0 aliphatic rings. The lowest BCUT2D eigenvalue weighted by atomic mass is 10.00. The van der Waals surface area contributed by atoms with Crippen molar-refractivity contribution in [1.29, 1.82) is 0 Å². The van der Waals surface area contributed by atoms with Gasteiger partial charge in [0.2, 0.25) is 6.41 Å². The summed E-state index contributed by atoms with van der Waals surface area (Å²) in [5, 5.41) is 13.3. The first kappa shape index (κ1) is 12.6. The van der Waals surface area contributed by atoms with Crippen molar-refractivity contribution in [2.24, 2.45) is 0 Å². The molecule has 4 heteroatoms. The molecule has 3 nitrogen and oxygen atoms in total. The van der Waals surface area contributed by atoms with Gasteiger partial charge in [0, 0.05) is 16.3 Å². The number of amides is 1. The molecule has 0 saturated carbocycles. The summed E-state index contributed by atoms with van der Waals surface area (Å²) in [7, 11) is 0. The number of halogens is 1. The van der Waals surface area contributed by atoms with Gasteiger partial charge in [0.25, 0.3) is 0 Å². The molecule has 0 aromatic heterocycles. The van der Waals surface area contributed by atoms with E-state index in [2.05, 4.69) is 5.32 Å². The second kappa shape index (κ2) is 5.67. The summed E-state index contributed by atoms with van der Waals surface area (Å²) in [5.41, 5.74) is 1.88. The smallest absolute Gasteiger partial charge is 0.211 e. The fourth-order valence-electron chi connectivity index (χ4n) is 1.77. The highest BCUT2D eigenvalue weighted by atomic mass is 35.5. The summed E-state index contributed by atoms with van der Waals surface area (Å²) in [4.78, 5) is 10.6. The van der Waals surface area contributed by atoms with Crippen LogP contribution in [0.4, 0.5) is 5.69 Å². The number of hydrogen-bond acceptors (Lipinski definition) is 2. The molecule has 0 aliphatic heterocycles. The van der Waals surface area contributed by atoms with Crippen LogP contribution >= 0.6 is 11.6 Å². The van der Waals surface area contributed by atoms with Crippen molar-refractivity contribution < 1.29 is 9.90 Å². The Balaban J connectivity index is 2.41. The first-order valence-corrected chi connectivity index (χ1v) is 5.83. The van der Waals surface area contributed by atoms with Gasteiger partial charge in [0.1, 0.15) is 6.10 Å². The summed E-state index contributed by atoms with van der Waals surface area (Å²) in [6.07, 6.45) is -0.238. The molecule has 2 aromatic rings. The van der Waals surface area contributed by atoms with E-state index >= 15 is 0 Å². The highest BCUT2D eigenvalue weighted by Crippen LogP contribution is 2.30. The molecule has 2 rings (SSSR count). The summed E-state index contributed by atoms with van der Waals surface area (Å²) in [6.45, 7) is 0. The monoisotopic (exact) mass is 261 g/mol. The molecule has 1 atom stereocenters. The van der Waals surface area contributed by atoms with Crippen molar-refractivity contribution in [2.75, 3.05) is 5.32 Å². The van der Waals surface area contributed by atoms with E-state index in [0.29, 0.717) is 22.7 Å². The van der Waals surface area contributed by atoms with Gasteiger partial charge < -0.3 is 10.4 Å². The van der Waals surface area contributed by atoms with E-state index in [0.717, 1.165) is 5.56 Å². The largest absolute Gasteiger partial charge is 0.384 e. The molecule has 2 N–H and O–H groups in total. The van der Waals surface area contributed by atoms with Gasteiger partial charge >= 0.3 is 0 Å². The molecule has 1 unspecified atom stereocenters. The Morgan fingerprint density at radius 1 is 1.17 bits per heavy atom. The molecule has 0 aliphatic carbocycles. The predicted octanol–water partition coefficient (Wildman–Crippen LogP) is 2.99. The zero-order valence-electron chi connectivity index (χ0n) is 9.51. The van der Waals surface area contributed by atoms with Gasteiger partial charge in [0.05, 0.1) is 0 Å². The van der Waals surface area contributed by atoms with E-state index in [1.54, 1.807) is 18.2 Å². The van der Waals surface area contributed by atoms with Gasteiger partial charge in [-0.25, -0.2) is 0 Å². The van der Waals surface area contributed by atoms with Gasteiger partial charge in [-0.15, -0.1) is 0 Å². The van der Waals surface area contributed by atoms with Gasteiger partial charge in [0.15, 0.2) is 0 Å². The van der Waals surface area contributed by atoms with Crippen LogP contribution in [0.5, 0.6) is 0 Å². The summed E-state index contributed by atoms with van der Waals surface area (Å²) in [6, 6.07) is 14.2. The molecule has 0 saturated heterocycles. The Morgan fingerprint density at radius 3 is 2.56 bits per heavy atom. The Hall–Kier alpha value is -1.84. The minimum absolute atomic E-state index is 0.503. The molecule has 18 heavy (non-hydrogen) atoms. The summed E-state index contributed by atoms with van der Waals surface area (Å²) < 4.78 is 0. The molecule has 1 amide bonds. The fourth-order valence-corrected chi connectivity index (χ4v) is 1.94. The Bertz CT molecular complexity index is 543. The van der Waals surface area contributed by atoms with E-state index < -0.39 is 6.10 Å². The molecular weight excluding hydrogens is 250 g/mol. The van der Waals surface area contributed by atoms with Crippen molar-refractivity contribution >= 4 is 23.7 Å². The zero-order valence-corrected chi connectivity index (χ0v) is 10.3. The van der Waals surface area contributed by atoms with Crippen LogP contribution in [0.15, 0.2) is 48.5 Å². The van der Waals surface area contributed by atoms with Crippen molar-refractivity contribution in [3.63, 3.8) is 0 Å². The molecular formula is C14H12ClNO2. The molecule has 2 aromatic carbocycles. The number of carbonyl (C=O) groups excluding carboxylic acids is 1. The number of rotatable bonds is 4. The second-order valence-corrected chi connectivity index (χ2v) is 4.24. The number of hydrogen-bond donors (Lipinski definition) is 2. The third-order valence-corrected chi connectivity index (χ3v) is 2.87. The number of aliphatic hydroxyl groups excluding tert-OH is 1. The Labute approximate surface area is 110 Å². The van der Waals surface area contributed by atoms with Gasteiger partial charge in [-0.2, -0.15) is 0 Å². The minimum Gasteiger partial charge on any atom is -0.384 e. The Kier molecular flexibility index (Phi) is 3.97. The average molecular weight is 262 g/mol. The Morgan fingerprint density at radius 2 is 1.89 bits per heavy atom. The lowest BCUT2D eigenvalue weighted by molar-refractivity contribution is -0.105. The average Bonchev–Trinajstić information content (AvgIpc) is 2.40. The van der Waals surface area contributed by atoms with E-state index in [-0.39, 0.29) is 0 Å². The fraction of sp³-hybridized carbons (Fsp3) is 0.0714. The van der Waals surface area contributed by atoms with Gasteiger partial charge in [-0.1, -0.05) is 48.0 Å². The first-order valence-electron chi connectivity index (χ1n) is 5.45. The van der Waals surface area contributed by atoms with Crippen LogP contribution in [0.3, 0.4) is 0 Å². The van der Waals surface area contributed by atoms with Crippen LogP contribution in [0, 0.1) is 0 Å². The SMILES string of the molecule is O=CNc1cc(Cl)ccc1C(O)c1ccccc1. The van der Waals surface area contributed by atoms with Crippen LogP contribution < -0.4 is 5.32 Å². The maximum atomic E-state index is 10.6. The standard InChI is InChI=1S/C14H12ClNO2/c15-11-6-7-12(13(8-11)16-9-17)14(18)10-4-2-1-3-5-10/h1-9,14,18H,(H,16,17). The molecule has 0 heterocycles. The molecule has 0 fully saturated rings. The van der Waals surface area contributed by atoms with Crippen LogP contribution in [0.25, 0.3) is 0 Å². The van der Waals surface area contributed by atoms with Crippen molar-refractivity contribution in [3.8, 4) is 0 Å². The highest BCUT2D eigenvalue weighted by molar-refractivity contribution is 6.30. The maximum Gasteiger partial charge on any atom is 0.211 e. The topological polar surface area (TPSA) is 49.3 Å². The van der Waals surface area contributed by atoms with Crippen molar-refractivity contribution in [2.45, 2.75) is 6.10 Å². The third kappa shape index (κ3) is 2.70. The molecule has 0 bridgehead atoms. The maximum absolute atomic E-state index is 10.6. The lowest BCUT2D eigenvalue weighted by Crippen LogP contribution is -2.05. The summed E-state index contributed by atoms with van der Waals surface area (Å²) >= 11 is 5.87. The normalized spacial score (nSPS) is 11.9. The lowest BCUT2D eigenvalue weighted by Gasteiger charge is -2.15. The molecule has 0 radical (unpaired) electrons. The predicted molar refractivity (Wildman–Crippen MR) is 71.6 cm³/mol. The van der Waals surface area contributed by atoms with Crippen molar-refractivity contribution in [1.82, 2.24) is 0 Å². The third-order valence-electron chi connectivity index (χ3n) is 2.64. The van der Waals surface area contributed by atoms with E-state index in [1.165, 1.54) is 0 Å². The van der Waals surface area contributed by atoms with E-state index in [9.17, 15) is 9.90 Å². The second-order valence-electron chi connectivity index (χ2n) is 3.81. The van der Waals surface area contributed by atoms with Crippen LogP contribution in [-0.4, -0.2) is 11.5 Å². The number of benzene rings is 2. The number of carbonyl (C=O) groups is 1.